The highest BCUT2D eigenvalue weighted by Gasteiger charge is 2.22. The predicted molar refractivity (Wildman–Crippen MR) is 108 cm³/mol. The summed E-state index contributed by atoms with van der Waals surface area (Å²) in [6.07, 6.45) is 2.08. The van der Waals surface area contributed by atoms with E-state index in [2.05, 4.69) is 5.32 Å². The topological polar surface area (TPSA) is 49.4 Å². The fourth-order valence-corrected chi connectivity index (χ4v) is 4.04. The van der Waals surface area contributed by atoms with Crippen molar-refractivity contribution in [3.8, 4) is 0 Å². The Morgan fingerprint density at radius 1 is 1.04 bits per heavy atom. The van der Waals surface area contributed by atoms with Crippen LogP contribution in [0.1, 0.15) is 28.8 Å². The normalized spacial score (nSPS) is 13.7. The van der Waals surface area contributed by atoms with Gasteiger partial charge in [-0.05, 0) is 36.6 Å². The first-order chi connectivity index (χ1) is 12.6. The van der Waals surface area contributed by atoms with Crippen LogP contribution in [0.3, 0.4) is 0 Å². The summed E-state index contributed by atoms with van der Waals surface area (Å²) in [5.74, 6) is 0.838. The summed E-state index contributed by atoms with van der Waals surface area (Å²) in [6.45, 7) is 1.57. The van der Waals surface area contributed by atoms with E-state index < -0.39 is 0 Å². The lowest BCUT2D eigenvalue weighted by Gasteiger charge is -2.18. The first-order valence-electron chi connectivity index (χ1n) is 8.64. The van der Waals surface area contributed by atoms with Gasteiger partial charge < -0.3 is 10.2 Å². The van der Waals surface area contributed by atoms with Gasteiger partial charge in [0.1, 0.15) is 0 Å². The summed E-state index contributed by atoms with van der Waals surface area (Å²) >= 11 is 7.63. The van der Waals surface area contributed by atoms with E-state index >= 15 is 0 Å². The first kappa shape index (κ1) is 18.8. The second-order valence-electron chi connectivity index (χ2n) is 6.18. The van der Waals surface area contributed by atoms with Gasteiger partial charge in [0.15, 0.2) is 0 Å². The third kappa shape index (κ3) is 4.80. The van der Waals surface area contributed by atoms with E-state index in [4.69, 9.17) is 11.6 Å². The second kappa shape index (κ2) is 9.10. The van der Waals surface area contributed by atoms with Crippen molar-refractivity contribution in [2.75, 3.05) is 24.2 Å². The number of hydrogen-bond donors (Lipinski definition) is 1. The van der Waals surface area contributed by atoms with Crippen LogP contribution >= 0.6 is 23.4 Å². The van der Waals surface area contributed by atoms with Crippen LogP contribution in [0.4, 0.5) is 5.69 Å². The Labute approximate surface area is 162 Å². The van der Waals surface area contributed by atoms with Gasteiger partial charge in [-0.25, -0.2) is 0 Å². The molecule has 1 aliphatic heterocycles. The molecule has 0 unspecified atom stereocenters. The number of nitrogens with zero attached hydrogens (tertiary/aromatic N) is 1. The minimum absolute atomic E-state index is 0.0119. The molecule has 0 aromatic heterocycles. The zero-order valence-electron chi connectivity index (χ0n) is 14.4. The van der Waals surface area contributed by atoms with Gasteiger partial charge in [-0.3, -0.25) is 9.59 Å². The molecule has 136 valence electrons. The van der Waals surface area contributed by atoms with E-state index in [1.165, 1.54) is 11.8 Å². The number of anilines is 1. The summed E-state index contributed by atoms with van der Waals surface area (Å²) in [7, 11) is 0. The number of amides is 2. The lowest BCUT2D eigenvalue weighted by Crippen LogP contribution is -2.29. The molecule has 4 nitrogen and oxygen atoms in total. The van der Waals surface area contributed by atoms with E-state index in [0.29, 0.717) is 27.8 Å². The molecule has 0 saturated carbocycles. The maximum absolute atomic E-state index is 12.6. The summed E-state index contributed by atoms with van der Waals surface area (Å²) in [5, 5.41) is 3.59. The van der Waals surface area contributed by atoms with Gasteiger partial charge in [-0.15, -0.1) is 11.8 Å². The van der Waals surface area contributed by atoms with Gasteiger partial charge in [0, 0.05) is 23.9 Å². The molecule has 26 heavy (non-hydrogen) atoms. The molecular formula is C20H21ClN2O2S. The molecule has 1 heterocycles. The van der Waals surface area contributed by atoms with Gasteiger partial charge in [0.2, 0.25) is 5.91 Å². The summed E-state index contributed by atoms with van der Waals surface area (Å²) in [4.78, 5) is 26.8. The summed E-state index contributed by atoms with van der Waals surface area (Å²) in [5.41, 5.74) is 2.14. The largest absolute Gasteiger partial charge is 0.339 e. The monoisotopic (exact) mass is 388 g/mol. The van der Waals surface area contributed by atoms with E-state index in [-0.39, 0.29) is 11.8 Å². The van der Waals surface area contributed by atoms with Gasteiger partial charge in [-0.2, -0.15) is 0 Å². The number of para-hydroxylation sites is 1. The summed E-state index contributed by atoms with van der Waals surface area (Å²) in [6, 6.07) is 14.8. The Bertz CT molecular complexity index is 791. The van der Waals surface area contributed by atoms with Crippen LogP contribution in [-0.2, 0) is 10.5 Å². The maximum Gasteiger partial charge on any atom is 0.255 e. The second-order valence-corrected chi connectivity index (χ2v) is 7.57. The number of hydrogen-bond acceptors (Lipinski definition) is 3. The molecule has 2 aromatic rings. The van der Waals surface area contributed by atoms with Crippen molar-refractivity contribution in [1.29, 1.82) is 0 Å². The van der Waals surface area contributed by atoms with Gasteiger partial charge in [0.05, 0.1) is 17.0 Å². The number of rotatable bonds is 6. The van der Waals surface area contributed by atoms with E-state index in [1.807, 2.05) is 41.3 Å². The predicted octanol–water partition coefficient (Wildman–Crippen LogP) is 4.45. The van der Waals surface area contributed by atoms with Crippen molar-refractivity contribution in [3.05, 3.63) is 64.7 Å². The third-order valence-electron chi connectivity index (χ3n) is 4.27. The fourth-order valence-electron chi connectivity index (χ4n) is 2.92. The minimum Gasteiger partial charge on any atom is -0.339 e. The van der Waals surface area contributed by atoms with E-state index in [9.17, 15) is 9.59 Å². The Hall–Kier alpha value is -1.98. The van der Waals surface area contributed by atoms with Crippen molar-refractivity contribution in [2.24, 2.45) is 0 Å². The zero-order valence-corrected chi connectivity index (χ0v) is 16.0. The van der Waals surface area contributed by atoms with Crippen LogP contribution in [0, 0.1) is 0 Å². The molecule has 2 amide bonds. The molecule has 0 aliphatic carbocycles. The molecule has 1 saturated heterocycles. The number of carbonyl (C=O) groups is 2. The maximum atomic E-state index is 12.6. The molecule has 0 atom stereocenters. The Morgan fingerprint density at radius 2 is 1.73 bits per heavy atom. The number of benzene rings is 2. The Morgan fingerprint density at radius 3 is 2.50 bits per heavy atom. The summed E-state index contributed by atoms with van der Waals surface area (Å²) < 4.78 is 0. The average molecular weight is 389 g/mol. The van der Waals surface area contributed by atoms with E-state index in [1.54, 1.807) is 12.1 Å². The van der Waals surface area contributed by atoms with Crippen LogP contribution in [0.15, 0.2) is 48.5 Å². The number of carbonyl (C=O) groups excluding carboxylic acids is 2. The highest BCUT2D eigenvalue weighted by Crippen LogP contribution is 2.22. The van der Waals surface area contributed by atoms with Crippen LogP contribution < -0.4 is 5.32 Å². The Balaban J connectivity index is 1.57. The number of likely N-dealkylation sites (tertiary alicyclic amines) is 1. The smallest absolute Gasteiger partial charge is 0.255 e. The van der Waals surface area contributed by atoms with Crippen LogP contribution in [0.2, 0.25) is 5.02 Å². The number of thioether (sulfide) groups is 1. The molecule has 3 rings (SSSR count). The lowest BCUT2D eigenvalue weighted by atomic mass is 10.1. The standard InChI is InChI=1S/C20H21ClN2O2S/c21-17-9-3-1-7-15(17)13-26-14-19(24)22-18-10-4-2-8-16(18)20(25)23-11-5-6-12-23/h1-4,7-10H,5-6,11-14H2,(H,22,24). The van der Waals surface area contributed by atoms with Crippen LogP contribution in [-0.4, -0.2) is 35.6 Å². The van der Waals surface area contributed by atoms with Crippen molar-refractivity contribution in [3.63, 3.8) is 0 Å². The highest BCUT2D eigenvalue weighted by molar-refractivity contribution is 7.99. The quantitative estimate of drug-likeness (QED) is 0.795. The molecule has 1 N–H and O–H groups in total. The van der Waals surface area contributed by atoms with Crippen molar-refractivity contribution < 1.29 is 9.59 Å². The van der Waals surface area contributed by atoms with Crippen molar-refractivity contribution in [2.45, 2.75) is 18.6 Å². The number of nitrogens with one attached hydrogen (secondary N) is 1. The van der Waals surface area contributed by atoms with Crippen molar-refractivity contribution >= 4 is 40.9 Å². The SMILES string of the molecule is O=C(CSCc1ccccc1Cl)Nc1ccccc1C(=O)N1CCCC1. The molecule has 0 spiro atoms. The minimum atomic E-state index is -0.122. The molecule has 1 fully saturated rings. The molecule has 0 bridgehead atoms. The zero-order chi connectivity index (χ0) is 18.4. The molecule has 1 aliphatic rings. The number of halogens is 1. The highest BCUT2D eigenvalue weighted by atomic mass is 35.5. The van der Waals surface area contributed by atoms with Crippen LogP contribution in [0.5, 0.6) is 0 Å². The molecule has 6 heteroatoms. The van der Waals surface area contributed by atoms with E-state index in [0.717, 1.165) is 31.5 Å². The first-order valence-corrected chi connectivity index (χ1v) is 10.2. The third-order valence-corrected chi connectivity index (χ3v) is 5.62. The van der Waals surface area contributed by atoms with Crippen molar-refractivity contribution in [1.82, 2.24) is 4.90 Å². The van der Waals surface area contributed by atoms with Gasteiger partial charge in [-0.1, -0.05) is 41.9 Å². The Kier molecular flexibility index (Phi) is 6.58. The average Bonchev–Trinajstić information content (AvgIpc) is 3.18. The molecule has 2 aromatic carbocycles. The fraction of sp³-hybridized carbons (Fsp3) is 0.300. The molecule has 0 radical (unpaired) electrons. The van der Waals surface area contributed by atoms with Gasteiger partial charge in [0.25, 0.3) is 5.91 Å². The lowest BCUT2D eigenvalue weighted by molar-refractivity contribution is -0.113. The van der Waals surface area contributed by atoms with Crippen LogP contribution in [0.25, 0.3) is 0 Å². The van der Waals surface area contributed by atoms with Gasteiger partial charge >= 0.3 is 0 Å². The molecular weight excluding hydrogens is 368 g/mol.